The number of aryl methyl sites for hydroxylation is 1. The number of hydrogen-bond acceptors (Lipinski definition) is 17. The molecular weight excluding hydrogens is 688 g/mol. The minimum absolute atomic E-state index is 0.000662. The molecule has 0 aromatic heterocycles. The number of ether oxygens (including phenoxy) is 5. The SMILES string of the molecule is CO/N=C1/[C@@H](OC)[C@H](C)O[C@H](NC2=CC(=O)c3c(cc4c(c3O)C(=O)[C@]3(OC)[C@H](O)Cc5cc(C)c(C(=O)OC)c(O)c5[C@]3(O)C4=O)C2=O)[C@@H]1OC. The first-order valence-electron chi connectivity index (χ1n) is 15.9. The summed E-state index contributed by atoms with van der Waals surface area (Å²) in [5.74, 6) is -7.61. The molecule has 1 saturated heterocycles. The molecular formula is C35H36N2O15. The van der Waals surface area contributed by atoms with Crippen LogP contribution in [0.15, 0.2) is 29.1 Å². The second-order valence-corrected chi connectivity index (χ2v) is 12.7. The molecule has 0 amide bonds. The zero-order valence-electron chi connectivity index (χ0n) is 29.1. The molecule has 0 bridgehead atoms. The van der Waals surface area contributed by atoms with Crippen molar-refractivity contribution in [3.63, 3.8) is 0 Å². The van der Waals surface area contributed by atoms with Crippen LogP contribution in [-0.2, 0) is 40.5 Å². The predicted octanol–water partition coefficient (Wildman–Crippen LogP) is 0.392. The van der Waals surface area contributed by atoms with Crippen LogP contribution in [0.4, 0.5) is 0 Å². The summed E-state index contributed by atoms with van der Waals surface area (Å²) in [6, 6.07) is 2.20. The Morgan fingerprint density at radius 1 is 0.962 bits per heavy atom. The first kappa shape index (κ1) is 36.7. The summed E-state index contributed by atoms with van der Waals surface area (Å²) in [5.41, 5.74) is -9.78. The van der Waals surface area contributed by atoms with E-state index in [1.807, 2.05) is 0 Å². The zero-order chi connectivity index (χ0) is 38.2. The average Bonchev–Trinajstić information content (AvgIpc) is 3.09. The summed E-state index contributed by atoms with van der Waals surface area (Å²) in [7, 11) is 6.06. The van der Waals surface area contributed by atoms with Crippen LogP contribution in [0.2, 0.25) is 0 Å². The second-order valence-electron chi connectivity index (χ2n) is 12.7. The summed E-state index contributed by atoms with van der Waals surface area (Å²) < 4.78 is 27.3. The van der Waals surface area contributed by atoms with E-state index in [1.54, 1.807) is 6.92 Å². The summed E-state index contributed by atoms with van der Waals surface area (Å²) in [4.78, 5) is 74.5. The number of aliphatic hydroxyl groups excluding tert-OH is 1. The smallest absolute Gasteiger partial charge is 0.341 e. The highest BCUT2D eigenvalue weighted by molar-refractivity contribution is 6.31. The summed E-state index contributed by atoms with van der Waals surface area (Å²) in [5, 5.41) is 53.7. The fourth-order valence-electron chi connectivity index (χ4n) is 7.92. The number of Topliss-reactive ketones (excluding diaryl/α,β-unsaturated/α-hetero) is 3. The lowest BCUT2D eigenvalue weighted by atomic mass is 9.56. The number of methoxy groups -OCH3 is 4. The number of fused-ring (bicyclic) bond motifs is 5. The molecule has 52 heavy (non-hydrogen) atoms. The van der Waals surface area contributed by atoms with E-state index in [9.17, 15) is 44.4 Å². The molecule has 7 atom stereocenters. The van der Waals surface area contributed by atoms with E-state index in [-0.39, 0.29) is 22.5 Å². The highest BCUT2D eigenvalue weighted by atomic mass is 16.6. The number of carbonyl (C=O) groups is 5. The molecule has 0 spiro atoms. The number of esters is 1. The number of aliphatic hydroxyl groups is 2. The number of hydrogen-bond donors (Lipinski definition) is 5. The summed E-state index contributed by atoms with van der Waals surface area (Å²) >= 11 is 0. The molecule has 5 N–H and O–H groups in total. The molecule has 4 aliphatic rings. The molecule has 0 saturated carbocycles. The molecule has 0 unspecified atom stereocenters. The number of ketones is 4. The summed E-state index contributed by atoms with van der Waals surface area (Å²) in [6.07, 6.45) is -5.04. The van der Waals surface area contributed by atoms with Gasteiger partial charge in [0, 0.05) is 50.5 Å². The first-order chi connectivity index (χ1) is 24.6. The van der Waals surface area contributed by atoms with E-state index >= 15 is 0 Å². The Balaban J connectivity index is 1.51. The molecule has 2 aromatic carbocycles. The number of benzene rings is 2. The molecule has 6 rings (SSSR count). The van der Waals surface area contributed by atoms with Gasteiger partial charge in [0.1, 0.15) is 42.1 Å². The van der Waals surface area contributed by atoms with Gasteiger partial charge in [0.15, 0.2) is 23.2 Å². The highest BCUT2D eigenvalue weighted by Crippen LogP contribution is 2.56. The van der Waals surface area contributed by atoms with E-state index in [0.717, 1.165) is 26.4 Å². The lowest BCUT2D eigenvalue weighted by Crippen LogP contribution is -2.73. The van der Waals surface area contributed by atoms with Gasteiger partial charge in [-0.25, -0.2) is 4.79 Å². The molecule has 17 heteroatoms. The maximum Gasteiger partial charge on any atom is 0.341 e. The number of carbonyl (C=O) groups excluding carboxylic acids is 5. The monoisotopic (exact) mass is 724 g/mol. The van der Waals surface area contributed by atoms with Crippen LogP contribution in [0.3, 0.4) is 0 Å². The van der Waals surface area contributed by atoms with Crippen molar-refractivity contribution in [2.45, 2.75) is 62.1 Å². The average molecular weight is 725 g/mol. The van der Waals surface area contributed by atoms with Crippen molar-refractivity contribution in [1.29, 1.82) is 0 Å². The van der Waals surface area contributed by atoms with E-state index in [1.165, 1.54) is 34.3 Å². The van der Waals surface area contributed by atoms with Crippen molar-refractivity contribution in [3.8, 4) is 11.5 Å². The van der Waals surface area contributed by atoms with Crippen LogP contribution in [0, 0.1) is 6.92 Å². The molecule has 0 radical (unpaired) electrons. The minimum Gasteiger partial charge on any atom is -0.507 e. The maximum atomic E-state index is 14.6. The Labute approximate surface area is 295 Å². The van der Waals surface area contributed by atoms with Gasteiger partial charge in [0.2, 0.25) is 17.3 Å². The second kappa shape index (κ2) is 12.9. The third-order valence-electron chi connectivity index (χ3n) is 10.2. The summed E-state index contributed by atoms with van der Waals surface area (Å²) in [6.45, 7) is 3.12. The van der Waals surface area contributed by atoms with Crippen molar-refractivity contribution in [2.24, 2.45) is 5.16 Å². The lowest BCUT2D eigenvalue weighted by Gasteiger charge is -2.52. The first-order valence-corrected chi connectivity index (χ1v) is 15.9. The Bertz CT molecular complexity index is 2020. The van der Waals surface area contributed by atoms with Gasteiger partial charge in [0.05, 0.1) is 36.1 Å². The van der Waals surface area contributed by atoms with Crippen molar-refractivity contribution in [2.75, 3.05) is 35.5 Å². The van der Waals surface area contributed by atoms with Crippen LogP contribution in [0.5, 0.6) is 11.5 Å². The predicted molar refractivity (Wildman–Crippen MR) is 175 cm³/mol. The Hall–Kier alpha value is -5.04. The fraction of sp³-hybridized carbons (Fsp3) is 0.429. The Morgan fingerprint density at radius 2 is 1.63 bits per heavy atom. The minimum atomic E-state index is -3.23. The number of oxime groups is 1. The molecule has 17 nitrogen and oxygen atoms in total. The molecule has 1 fully saturated rings. The van der Waals surface area contributed by atoms with Crippen molar-refractivity contribution < 1.29 is 72.9 Å². The number of aromatic hydroxyl groups is 2. The number of nitrogens with one attached hydrogen (secondary N) is 1. The number of nitrogens with zero attached hydrogens (tertiary/aromatic N) is 1. The van der Waals surface area contributed by atoms with Gasteiger partial charge >= 0.3 is 5.97 Å². The van der Waals surface area contributed by atoms with Gasteiger partial charge in [-0.1, -0.05) is 11.2 Å². The van der Waals surface area contributed by atoms with E-state index < -0.39 is 122 Å². The maximum absolute atomic E-state index is 14.6. The third-order valence-corrected chi connectivity index (χ3v) is 10.2. The Kier molecular flexibility index (Phi) is 9.09. The number of rotatable bonds is 7. The van der Waals surface area contributed by atoms with Crippen molar-refractivity contribution >= 4 is 34.8 Å². The van der Waals surface area contributed by atoms with Crippen LogP contribution in [-0.4, -0.2) is 127 Å². The van der Waals surface area contributed by atoms with Gasteiger partial charge in [-0.2, -0.15) is 0 Å². The van der Waals surface area contributed by atoms with Gasteiger partial charge in [0.25, 0.3) is 0 Å². The Morgan fingerprint density at radius 3 is 2.23 bits per heavy atom. The van der Waals surface area contributed by atoms with Crippen molar-refractivity contribution in [1.82, 2.24) is 5.32 Å². The molecule has 276 valence electrons. The quantitative estimate of drug-likeness (QED) is 0.191. The largest absolute Gasteiger partial charge is 0.507 e. The van der Waals surface area contributed by atoms with Crippen LogP contribution >= 0.6 is 0 Å². The van der Waals surface area contributed by atoms with E-state index in [2.05, 4.69) is 10.5 Å². The third kappa shape index (κ3) is 4.70. The van der Waals surface area contributed by atoms with Gasteiger partial charge in [-0.05, 0) is 31.0 Å². The topological polar surface area (TPSA) is 246 Å². The highest BCUT2D eigenvalue weighted by Gasteiger charge is 2.72. The normalized spacial score (nSPS) is 30.2. The number of phenolic OH excluding ortho intramolecular Hbond substituents is 2. The standard InChI is InChI=1S/C35H36N2O15/c1-12-8-14-9-19(39)35(50-6)31(44)22-16(30(43)34(35,46)23(14)27(42)20(12)33(45)49-5)10-15-21(26(22)41)18(38)11-17(25(15)40)36-32-29(48-4)24(37-51-7)28(47-3)13(2)52-32/h8,10-11,13,19,28-29,32,36,39,41-42,46H,9H2,1-7H3/b37-24-/t13-,19+,28-,29+,32-,34-,35+/m0/s1. The van der Waals surface area contributed by atoms with Crippen LogP contribution < -0.4 is 5.32 Å². The fourth-order valence-corrected chi connectivity index (χ4v) is 7.92. The van der Waals surface area contributed by atoms with Gasteiger partial charge in [-0.3, -0.25) is 19.2 Å². The number of phenols is 2. The molecule has 1 aliphatic heterocycles. The van der Waals surface area contributed by atoms with Gasteiger partial charge in [-0.15, -0.1) is 0 Å². The van der Waals surface area contributed by atoms with E-state index in [0.29, 0.717) is 0 Å². The molecule has 3 aliphatic carbocycles. The van der Waals surface area contributed by atoms with E-state index in [4.69, 9.17) is 28.5 Å². The zero-order valence-corrected chi connectivity index (χ0v) is 29.1. The lowest BCUT2D eigenvalue weighted by molar-refractivity contribution is -0.181. The number of allylic oxidation sites excluding steroid dienone is 2. The van der Waals surface area contributed by atoms with Crippen LogP contribution in [0.1, 0.15) is 75.4 Å². The molecule has 1 heterocycles. The van der Waals surface area contributed by atoms with Crippen molar-refractivity contribution in [3.05, 3.63) is 68.4 Å². The molecule has 2 aromatic rings. The van der Waals surface area contributed by atoms with Gasteiger partial charge < -0.3 is 54.3 Å². The van der Waals surface area contributed by atoms with Crippen LogP contribution in [0.25, 0.3) is 0 Å².